The molecule has 0 atom stereocenters. The predicted molar refractivity (Wildman–Crippen MR) is 96.7 cm³/mol. The summed E-state index contributed by atoms with van der Waals surface area (Å²) in [6, 6.07) is 7.49. The molecule has 1 heterocycles. The van der Waals surface area contributed by atoms with Crippen molar-refractivity contribution in [2.45, 2.75) is 45.1 Å². The normalized spacial score (nSPS) is 15.1. The minimum Gasteiger partial charge on any atom is -0.367 e. The van der Waals surface area contributed by atoms with E-state index in [9.17, 15) is 4.79 Å². The van der Waals surface area contributed by atoms with Gasteiger partial charge in [0, 0.05) is 22.8 Å². The second-order valence-electron chi connectivity index (χ2n) is 6.18. The van der Waals surface area contributed by atoms with Crippen LogP contribution >= 0.6 is 11.6 Å². The molecule has 1 aliphatic carbocycles. The Morgan fingerprint density at radius 2 is 1.96 bits per heavy atom. The highest BCUT2D eigenvalue weighted by Gasteiger charge is 2.15. The van der Waals surface area contributed by atoms with Crippen LogP contribution in [0.15, 0.2) is 30.6 Å². The molecule has 0 radical (unpaired) electrons. The zero-order valence-corrected chi connectivity index (χ0v) is 14.4. The molecule has 3 rings (SSSR count). The fourth-order valence-electron chi connectivity index (χ4n) is 2.97. The summed E-state index contributed by atoms with van der Waals surface area (Å²) in [7, 11) is 0. The molecule has 0 spiro atoms. The standard InChI is InChI=1S/C18H21ClN4O/c1-12-9-13(19)7-8-15(12)23-18(24)16-10-17(21-11-20-16)22-14-5-3-2-4-6-14/h7-11,14H,2-6H2,1H3,(H,23,24)(H,20,21,22). The quantitative estimate of drug-likeness (QED) is 0.860. The number of benzene rings is 1. The highest BCUT2D eigenvalue weighted by atomic mass is 35.5. The average Bonchev–Trinajstić information content (AvgIpc) is 2.58. The van der Waals surface area contributed by atoms with E-state index in [0.717, 1.165) is 24.1 Å². The van der Waals surface area contributed by atoms with Crippen LogP contribution in [0.1, 0.15) is 48.2 Å². The molecule has 1 fully saturated rings. The van der Waals surface area contributed by atoms with Crippen LogP contribution in [-0.4, -0.2) is 21.9 Å². The van der Waals surface area contributed by atoms with Gasteiger partial charge in [-0.15, -0.1) is 0 Å². The van der Waals surface area contributed by atoms with Gasteiger partial charge in [-0.1, -0.05) is 30.9 Å². The van der Waals surface area contributed by atoms with Gasteiger partial charge in [-0.2, -0.15) is 0 Å². The fraction of sp³-hybridized carbons (Fsp3) is 0.389. The van der Waals surface area contributed by atoms with E-state index in [-0.39, 0.29) is 5.91 Å². The lowest BCUT2D eigenvalue weighted by atomic mass is 9.95. The van der Waals surface area contributed by atoms with Crippen LogP contribution < -0.4 is 10.6 Å². The molecule has 0 aliphatic heterocycles. The molecule has 2 N–H and O–H groups in total. The van der Waals surface area contributed by atoms with E-state index < -0.39 is 0 Å². The van der Waals surface area contributed by atoms with Crippen molar-refractivity contribution < 1.29 is 4.79 Å². The van der Waals surface area contributed by atoms with Crippen LogP contribution in [0.25, 0.3) is 0 Å². The first-order valence-electron chi connectivity index (χ1n) is 8.28. The first-order chi connectivity index (χ1) is 11.6. The van der Waals surface area contributed by atoms with Gasteiger partial charge in [0.25, 0.3) is 5.91 Å². The number of hydrogen-bond acceptors (Lipinski definition) is 4. The van der Waals surface area contributed by atoms with Crippen LogP contribution in [0.3, 0.4) is 0 Å². The summed E-state index contributed by atoms with van der Waals surface area (Å²) < 4.78 is 0. The van der Waals surface area contributed by atoms with Gasteiger partial charge in [0.2, 0.25) is 0 Å². The number of rotatable bonds is 4. The van der Waals surface area contributed by atoms with Crippen molar-refractivity contribution in [3.63, 3.8) is 0 Å². The van der Waals surface area contributed by atoms with E-state index in [4.69, 9.17) is 11.6 Å². The van der Waals surface area contributed by atoms with E-state index >= 15 is 0 Å². The van der Waals surface area contributed by atoms with Gasteiger partial charge >= 0.3 is 0 Å². The molecule has 24 heavy (non-hydrogen) atoms. The van der Waals surface area contributed by atoms with Gasteiger partial charge in [0.15, 0.2) is 0 Å². The number of amides is 1. The summed E-state index contributed by atoms with van der Waals surface area (Å²) in [6.07, 6.45) is 7.51. The molecule has 6 heteroatoms. The molecule has 1 amide bonds. The van der Waals surface area contributed by atoms with E-state index in [1.807, 2.05) is 13.0 Å². The lowest BCUT2D eigenvalue weighted by Gasteiger charge is -2.23. The molecule has 0 saturated heterocycles. The minimum atomic E-state index is -0.255. The van der Waals surface area contributed by atoms with E-state index in [2.05, 4.69) is 20.6 Å². The summed E-state index contributed by atoms with van der Waals surface area (Å²) in [5.41, 5.74) is 1.98. The average molecular weight is 345 g/mol. The molecular formula is C18H21ClN4O. The second-order valence-corrected chi connectivity index (χ2v) is 6.62. The summed E-state index contributed by atoms with van der Waals surface area (Å²) >= 11 is 5.94. The number of halogens is 1. The zero-order valence-electron chi connectivity index (χ0n) is 13.7. The smallest absolute Gasteiger partial charge is 0.274 e. The Morgan fingerprint density at radius 1 is 1.17 bits per heavy atom. The van der Waals surface area contributed by atoms with E-state index in [1.54, 1.807) is 18.2 Å². The number of carbonyl (C=O) groups is 1. The Bertz CT molecular complexity index is 729. The van der Waals surface area contributed by atoms with Crippen LogP contribution in [0, 0.1) is 6.92 Å². The maximum Gasteiger partial charge on any atom is 0.274 e. The number of aryl methyl sites for hydroxylation is 1. The Labute approximate surface area is 146 Å². The van der Waals surface area contributed by atoms with Crippen LogP contribution in [-0.2, 0) is 0 Å². The Morgan fingerprint density at radius 3 is 2.71 bits per heavy atom. The Hall–Kier alpha value is -2.14. The van der Waals surface area contributed by atoms with Gasteiger partial charge < -0.3 is 10.6 Å². The van der Waals surface area contributed by atoms with E-state index in [0.29, 0.717) is 22.6 Å². The van der Waals surface area contributed by atoms with Crippen molar-refractivity contribution in [3.05, 3.63) is 46.9 Å². The minimum absolute atomic E-state index is 0.255. The molecule has 0 bridgehead atoms. The molecule has 0 unspecified atom stereocenters. The molecule has 1 aromatic heterocycles. The second kappa shape index (κ2) is 7.62. The fourth-order valence-corrected chi connectivity index (χ4v) is 3.20. The molecule has 2 aromatic rings. The van der Waals surface area contributed by atoms with Crippen molar-refractivity contribution >= 4 is 29.0 Å². The maximum atomic E-state index is 12.4. The highest BCUT2D eigenvalue weighted by molar-refractivity contribution is 6.30. The monoisotopic (exact) mass is 344 g/mol. The lowest BCUT2D eigenvalue weighted by Crippen LogP contribution is -2.23. The predicted octanol–water partition coefficient (Wildman–Crippen LogP) is 4.44. The first kappa shape index (κ1) is 16.7. The summed E-state index contributed by atoms with van der Waals surface area (Å²) in [5, 5.41) is 6.92. The summed E-state index contributed by atoms with van der Waals surface area (Å²) in [5.74, 6) is 0.449. The molecular weight excluding hydrogens is 324 g/mol. The Balaban J connectivity index is 1.69. The van der Waals surface area contributed by atoms with Crippen molar-refractivity contribution in [3.8, 4) is 0 Å². The van der Waals surface area contributed by atoms with Crippen LogP contribution in [0.4, 0.5) is 11.5 Å². The van der Waals surface area contributed by atoms with Crippen molar-refractivity contribution in [1.82, 2.24) is 9.97 Å². The maximum absolute atomic E-state index is 12.4. The van der Waals surface area contributed by atoms with Gasteiger partial charge in [-0.3, -0.25) is 4.79 Å². The molecule has 126 valence electrons. The van der Waals surface area contributed by atoms with Gasteiger partial charge in [0.1, 0.15) is 17.8 Å². The third-order valence-corrected chi connectivity index (χ3v) is 4.53. The number of anilines is 2. The number of aromatic nitrogens is 2. The van der Waals surface area contributed by atoms with Crippen LogP contribution in [0.5, 0.6) is 0 Å². The SMILES string of the molecule is Cc1cc(Cl)ccc1NC(=O)c1cc(NC2CCCCC2)ncn1. The summed E-state index contributed by atoms with van der Waals surface area (Å²) in [6.45, 7) is 1.90. The highest BCUT2D eigenvalue weighted by Crippen LogP contribution is 2.22. The summed E-state index contributed by atoms with van der Waals surface area (Å²) in [4.78, 5) is 20.8. The van der Waals surface area contributed by atoms with Crippen molar-refractivity contribution in [1.29, 1.82) is 0 Å². The van der Waals surface area contributed by atoms with E-state index in [1.165, 1.54) is 25.6 Å². The van der Waals surface area contributed by atoms with Gasteiger partial charge in [-0.25, -0.2) is 9.97 Å². The third-order valence-electron chi connectivity index (χ3n) is 4.29. The van der Waals surface area contributed by atoms with Crippen LogP contribution in [0.2, 0.25) is 5.02 Å². The molecule has 5 nitrogen and oxygen atoms in total. The lowest BCUT2D eigenvalue weighted by molar-refractivity contribution is 0.102. The van der Waals surface area contributed by atoms with Crippen molar-refractivity contribution in [2.24, 2.45) is 0 Å². The van der Waals surface area contributed by atoms with Gasteiger partial charge in [-0.05, 0) is 43.5 Å². The third kappa shape index (κ3) is 4.23. The first-order valence-corrected chi connectivity index (χ1v) is 8.66. The topological polar surface area (TPSA) is 66.9 Å². The molecule has 1 aromatic carbocycles. The van der Waals surface area contributed by atoms with Crippen molar-refractivity contribution in [2.75, 3.05) is 10.6 Å². The number of nitrogens with zero attached hydrogens (tertiary/aromatic N) is 2. The number of nitrogens with one attached hydrogen (secondary N) is 2. The molecule has 1 aliphatic rings. The van der Waals surface area contributed by atoms with Gasteiger partial charge in [0.05, 0.1) is 0 Å². The number of carbonyl (C=O) groups excluding carboxylic acids is 1. The Kier molecular flexibility index (Phi) is 5.30. The zero-order chi connectivity index (χ0) is 16.9. The number of hydrogen-bond donors (Lipinski definition) is 2. The molecule has 1 saturated carbocycles. The largest absolute Gasteiger partial charge is 0.367 e.